The Hall–Kier alpha value is -3.49. The Balaban J connectivity index is 1.71. The minimum absolute atomic E-state index is 0.000968. The van der Waals surface area contributed by atoms with Crippen LogP contribution in [0.5, 0.6) is 0 Å². The molecule has 1 atom stereocenters. The first-order chi connectivity index (χ1) is 17.1. The second-order valence-corrected chi connectivity index (χ2v) is 11.0. The van der Waals surface area contributed by atoms with E-state index < -0.39 is 15.3 Å². The number of nitrogens with zero attached hydrogens (tertiary/aromatic N) is 4. The van der Waals surface area contributed by atoms with Gasteiger partial charge in [0.2, 0.25) is 11.9 Å². The number of hydrogen-bond donors (Lipinski definition) is 2. The van der Waals surface area contributed by atoms with Gasteiger partial charge in [0.1, 0.15) is 11.1 Å². The number of amides is 1. The number of nitriles is 1. The minimum atomic E-state index is -3.90. The van der Waals surface area contributed by atoms with Crippen LogP contribution in [0.2, 0.25) is 0 Å². The molecule has 0 spiro atoms. The van der Waals surface area contributed by atoms with E-state index in [1.165, 1.54) is 36.0 Å². The summed E-state index contributed by atoms with van der Waals surface area (Å²) in [7, 11) is -3.90. The summed E-state index contributed by atoms with van der Waals surface area (Å²) in [4.78, 5) is 25.8. The molecule has 2 heterocycles. The maximum Gasteiger partial charge on any atom is 0.264 e. The second kappa shape index (κ2) is 12.0. The number of thioether (sulfide) groups is 1. The number of benzene rings is 1. The number of rotatable bonds is 10. The first-order valence-corrected chi connectivity index (χ1v) is 13.8. The molecule has 0 saturated heterocycles. The molecule has 1 unspecified atom stereocenters. The maximum atomic E-state index is 13.0. The highest BCUT2D eigenvalue weighted by atomic mass is 32.2. The van der Waals surface area contributed by atoms with Crippen molar-refractivity contribution in [2.24, 2.45) is 0 Å². The number of pyridine rings is 1. The highest BCUT2D eigenvalue weighted by molar-refractivity contribution is 8.00. The Bertz CT molecular complexity index is 1370. The van der Waals surface area contributed by atoms with Crippen molar-refractivity contribution in [3.05, 3.63) is 65.1 Å². The van der Waals surface area contributed by atoms with Crippen molar-refractivity contribution >= 4 is 39.3 Å². The number of carbonyl (C=O) groups excluding carboxylic acids is 1. The molecule has 1 amide bonds. The van der Waals surface area contributed by atoms with Crippen LogP contribution in [0.3, 0.4) is 0 Å². The van der Waals surface area contributed by atoms with Crippen LogP contribution in [-0.2, 0) is 21.2 Å². The van der Waals surface area contributed by atoms with E-state index >= 15 is 0 Å². The van der Waals surface area contributed by atoms with Gasteiger partial charge in [-0.2, -0.15) is 5.26 Å². The van der Waals surface area contributed by atoms with Crippen LogP contribution in [0.4, 0.5) is 11.6 Å². The van der Waals surface area contributed by atoms with Gasteiger partial charge >= 0.3 is 0 Å². The van der Waals surface area contributed by atoms with Crippen molar-refractivity contribution in [2.45, 2.75) is 62.1 Å². The van der Waals surface area contributed by atoms with Gasteiger partial charge in [-0.05, 0) is 69.2 Å². The van der Waals surface area contributed by atoms with E-state index in [0.717, 1.165) is 18.5 Å². The SMILES string of the molecule is CCCc1ccc(C#N)c(SC(CC)C(=O)Nc2ccc(S(=O)(=O)Nc3nc(C)cc(C)n3)cc2)n1. The summed E-state index contributed by atoms with van der Waals surface area (Å²) in [5.41, 5.74) is 3.06. The van der Waals surface area contributed by atoms with Crippen molar-refractivity contribution in [3.8, 4) is 6.07 Å². The predicted octanol–water partition coefficient (Wildman–Crippen LogP) is 4.62. The lowest BCUT2D eigenvalue weighted by molar-refractivity contribution is -0.115. The van der Waals surface area contributed by atoms with Crippen molar-refractivity contribution in [3.63, 3.8) is 0 Å². The lowest BCUT2D eigenvalue weighted by Crippen LogP contribution is -2.25. The quantitative estimate of drug-likeness (QED) is 0.366. The van der Waals surface area contributed by atoms with Crippen molar-refractivity contribution in [1.82, 2.24) is 15.0 Å². The molecule has 36 heavy (non-hydrogen) atoms. The summed E-state index contributed by atoms with van der Waals surface area (Å²) >= 11 is 1.25. The van der Waals surface area contributed by atoms with Gasteiger partial charge in [0.25, 0.3) is 10.0 Å². The van der Waals surface area contributed by atoms with E-state index in [2.05, 4.69) is 38.0 Å². The topological polar surface area (TPSA) is 138 Å². The standard InChI is InChI=1S/C25H28N6O3S2/c1-5-7-19-9-8-18(15-26)24(30-19)35-22(6-2)23(32)29-20-10-12-21(13-11-20)36(33,34)31-25-27-16(3)14-17(4)28-25/h8-14,22H,5-7H2,1-4H3,(H,29,32)(H,27,28,31). The number of sulfonamides is 1. The molecule has 2 N–H and O–H groups in total. The number of anilines is 2. The summed E-state index contributed by atoms with van der Waals surface area (Å²) in [6.45, 7) is 7.45. The molecule has 0 radical (unpaired) electrons. The fourth-order valence-corrected chi connectivity index (χ4v) is 5.35. The van der Waals surface area contributed by atoms with Gasteiger partial charge in [-0.25, -0.2) is 28.1 Å². The molecule has 188 valence electrons. The highest BCUT2D eigenvalue weighted by Gasteiger charge is 2.22. The summed E-state index contributed by atoms with van der Waals surface area (Å²) < 4.78 is 27.9. The fourth-order valence-electron chi connectivity index (χ4n) is 3.40. The largest absolute Gasteiger partial charge is 0.325 e. The lowest BCUT2D eigenvalue weighted by Gasteiger charge is -2.16. The van der Waals surface area contributed by atoms with Crippen molar-refractivity contribution in [1.29, 1.82) is 5.26 Å². The average Bonchev–Trinajstić information content (AvgIpc) is 2.82. The van der Waals surface area contributed by atoms with Crippen molar-refractivity contribution in [2.75, 3.05) is 10.0 Å². The van der Waals surface area contributed by atoms with E-state index in [9.17, 15) is 18.5 Å². The van der Waals surface area contributed by atoms with Gasteiger partial charge in [0.15, 0.2) is 0 Å². The van der Waals surface area contributed by atoms with Crippen LogP contribution in [0.25, 0.3) is 0 Å². The zero-order valence-corrected chi connectivity index (χ0v) is 22.2. The first kappa shape index (κ1) is 27.1. The van der Waals surface area contributed by atoms with Crippen LogP contribution in [0.15, 0.2) is 52.4 Å². The molecule has 0 bridgehead atoms. The van der Waals surface area contributed by atoms with E-state index in [1.807, 2.05) is 13.0 Å². The zero-order chi connectivity index (χ0) is 26.3. The number of aromatic nitrogens is 3. The summed E-state index contributed by atoms with van der Waals surface area (Å²) in [5.74, 6) is -0.257. The van der Waals surface area contributed by atoms with Gasteiger partial charge in [-0.3, -0.25) is 4.79 Å². The van der Waals surface area contributed by atoms with Crippen LogP contribution in [-0.4, -0.2) is 34.5 Å². The molecule has 9 nitrogen and oxygen atoms in total. The molecule has 0 fully saturated rings. The van der Waals surface area contributed by atoms with Gasteiger partial charge in [0, 0.05) is 22.8 Å². The normalized spacial score (nSPS) is 12.0. The van der Waals surface area contributed by atoms with Crippen LogP contribution >= 0.6 is 11.8 Å². The third kappa shape index (κ3) is 7.02. The van der Waals surface area contributed by atoms with Gasteiger partial charge in [0.05, 0.1) is 15.7 Å². The molecular formula is C25H28N6O3S2. The molecule has 3 aromatic rings. The Morgan fingerprint density at radius 1 is 1.06 bits per heavy atom. The molecule has 0 aliphatic rings. The van der Waals surface area contributed by atoms with Crippen LogP contribution < -0.4 is 10.0 Å². The van der Waals surface area contributed by atoms with E-state index in [-0.39, 0.29) is 16.8 Å². The Labute approximate surface area is 215 Å². The first-order valence-electron chi connectivity index (χ1n) is 11.5. The van der Waals surface area contributed by atoms with Gasteiger partial charge in [-0.15, -0.1) is 0 Å². The lowest BCUT2D eigenvalue weighted by atomic mass is 10.2. The van der Waals surface area contributed by atoms with Gasteiger partial charge in [-0.1, -0.05) is 32.0 Å². The minimum Gasteiger partial charge on any atom is -0.325 e. The molecule has 0 aliphatic carbocycles. The molecule has 1 aromatic carbocycles. The second-order valence-electron chi connectivity index (χ2n) is 8.13. The third-order valence-electron chi connectivity index (χ3n) is 5.10. The van der Waals surface area contributed by atoms with Crippen LogP contribution in [0.1, 0.15) is 49.3 Å². The maximum absolute atomic E-state index is 13.0. The molecule has 0 aliphatic heterocycles. The Kier molecular flexibility index (Phi) is 9.01. The number of aryl methyl sites for hydroxylation is 3. The number of hydrogen-bond acceptors (Lipinski definition) is 8. The summed E-state index contributed by atoms with van der Waals surface area (Å²) in [6, 6.07) is 13.3. The molecule has 2 aromatic heterocycles. The summed E-state index contributed by atoms with van der Waals surface area (Å²) in [6.07, 6.45) is 2.24. The zero-order valence-electron chi connectivity index (χ0n) is 20.6. The highest BCUT2D eigenvalue weighted by Crippen LogP contribution is 2.28. The molecule has 3 rings (SSSR count). The summed E-state index contributed by atoms with van der Waals surface area (Å²) in [5, 5.41) is 12.3. The van der Waals surface area contributed by atoms with Gasteiger partial charge < -0.3 is 5.32 Å². The van der Waals surface area contributed by atoms with E-state index in [1.54, 1.807) is 26.0 Å². The van der Waals surface area contributed by atoms with Crippen LogP contribution in [0, 0.1) is 25.2 Å². The smallest absolute Gasteiger partial charge is 0.264 e. The third-order valence-corrected chi connectivity index (χ3v) is 7.81. The Morgan fingerprint density at radius 3 is 2.31 bits per heavy atom. The van der Waals surface area contributed by atoms with Crippen molar-refractivity contribution < 1.29 is 13.2 Å². The average molecular weight is 525 g/mol. The monoisotopic (exact) mass is 524 g/mol. The number of carbonyl (C=O) groups is 1. The molecule has 0 saturated carbocycles. The molecule has 11 heteroatoms. The van der Waals surface area contributed by atoms with E-state index in [4.69, 9.17) is 0 Å². The predicted molar refractivity (Wildman–Crippen MR) is 140 cm³/mol. The number of nitrogens with one attached hydrogen (secondary N) is 2. The molecular weight excluding hydrogens is 496 g/mol. The fraction of sp³-hybridized carbons (Fsp3) is 0.320. The van der Waals surface area contributed by atoms with E-state index in [0.29, 0.717) is 34.1 Å². The Morgan fingerprint density at radius 2 is 1.72 bits per heavy atom.